The summed E-state index contributed by atoms with van der Waals surface area (Å²) in [6, 6.07) is 13.4. The molecule has 5 heteroatoms. The number of tetrazole rings is 1. The van der Waals surface area contributed by atoms with Crippen molar-refractivity contribution >= 4 is 11.9 Å². The number of allylic oxidation sites excluding steroid dienone is 1. The van der Waals surface area contributed by atoms with Gasteiger partial charge in [0, 0.05) is 5.56 Å². The minimum absolute atomic E-state index is 0.0548. The summed E-state index contributed by atoms with van der Waals surface area (Å²) in [4.78, 5) is 12.4. The normalized spacial score (nSPS) is 11.0. The summed E-state index contributed by atoms with van der Waals surface area (Å²) in [5, 5.41) is 11.0. The molecule has 0 saturated carbocycles. The molecule has 0 saturated heterocycles. The minimum atomic E-state index is -0.0548. The van der Waals surface area contributed by atoms with E-state index in [0.717, 1.165) is 16.8 Å². The van der Waals surface area contributed by atoms with Gasteiger partial charge in [0.2, 0.25) is 0 Å². The van der Waals surface area contributed by atoms with Gasteiger partial charge >= 0.3 is 0 Å². The lowest BCUT2D eigenvalue weighted by atomic mass is 10.0. The molecule has 0 N–H and O–H groups in total. The molecular formula is C18H16N4O. The van der Waals surface area contributed by atoms with Crippen molar-refractivity contribution in [3.63, 3.8) is 0 Å². The third kappa shape index (κ3) is 3.40. The van der Waals surface area contributed by atoms with Crippen molar-refractivity contribution in [3.8, 4) is 5.69 Å². The number of carbonyl (C=O) groups is 1. The average Bonchev–Trinajstić information content (AvgIpc) is 3.10. The van der Waals surface area contributed by atoms with Crippen LogP contribution in [-0.2, 0) is 0 Å². The zero-order valence-corrected chi connectivity index (χ0v) is 13.0. The van der Waals surface area contributed by atoms with E-state index in [0.29, 0.717) is 5.56 Å². The largest absolute Gasteiger partial charge is 0.289 e. The highest BCUT2D eigenvalue weighted by atomic mass is 16.1. The second-order valence-corrected chi connectivity index (χ2v) is 5.36. The molecule has 0 amide bonds. The summed E-state index contributed by atoms with van der Waals surface area (Å²) in [5.74, 6) is -0.0548. The van der Waals surface area contributed by atoms with Gasteiger partial charge in [-0.25, -0.2) is 4.68 Å². The molecule has 23 heavy (non-hydrogen) atoms. The molecule has 0 spiro atoms. The van der Waals surface area contributed by atoms with E-state index in [1.807, 2.05) is 32.1 Å². The van der Waals surface area contributed by atoms with Gasteiger partial charge in [-0.1, -0.05) is 42.0 Å². The maximum atomic E-state index is 12.4. The van der Waals surface area contributed by atoms with Crippen LogP contribution in [0.5, 0.6) is 0 Å². The SMILES string of the molecule is Cc1ccc(C)c(/C=C/C(=O)c2cccc(-n3cnnn3)c2)c1. The highest BCUT2D eigenvalue weighted by Crippen LogP contribution is 2.14. The number of aromatic nitrogens is 4. The van der Waals surface area contributed by atoms with E-state index in [1.54, 1.807) is 18.2 Å². The van der Waals surface area contributed by atoms with Crippen molar-refractivity contribution in [2.75, 3.05) is 0 Å². The second kappa shape index (κ2) is 6.36. The first-order valence-corrected chi connectivity index (χ1v) is 7.26. The third-order valence-corrected chi connectivity index (χ3v) is 3.59. The summed E-state index contributed by atoms with van der Waals surface area (Å²) in [7, 11) is 0. The van der Waals surface area contributed by atoms with Crippen molar-refractivity contribution in [1.82, 2.24) is 20.2 Å². The van der Waals surface area contributed by atoms with Crippen molar-refractivity contribution in [2.45, 2.75) is 13.8 Å². The van der Waals surface area contributed by atoms with Crippen LogP contribution in [0.2, 0.25) is 0 Å². The van der Waals surface area contributed by atoms with Crippen molar-refractivity contribution in [2.24, 2.45) is 0 Å². The predicted molar refractivity (Wildman–Crippen MR) is 88.4 cm³/mol. The molecular weight excluding hydrogens is 288 g/mol. The summed E-state index contributed by atoms with van der Waals surface area (Å²) in [6.07, 6.45) is 4.95. The molecule has 1 heterocycles. The lowest BCUT2D eigenvalue weighted by Gasteiger charge is -2.03. The van der Waals surface area contributed by atoms with Crippen molar-refractivity contribution in [3.05, 3.63) is 77.1 Å². The average molecular weight is 304 g/mol. The Labute approximate surface area is 134 Å². The van der Waals surface area contributed by atoms with Gasteiger partial charge in [-0.3, -0.25) is 4.79 Å². The molecule has 3 aromatic rings. The van der Waals surface area contributed by atoms with Gasteiger partial charge in [-0.05, 0) is 53.6 Å². The Balaban J connectivity index is 1.85. The first kappa shape index (κ1) is 14.8. The Morgan fingerprint density at radius 1 is 1.13 bits per heavy atom. The quantitative estimate of drug-likeness (QED) is 0.548. The number of rotatable bonds is 4. The summed E-state index contributed by atoms with van der Waals surface area (Å²) in [6.45, 7) is 4.07. The number of aryl methyl sites for hydroxylation is 2. The van der Waals surface area contributed by atoms with Crippen LogP contribution in [0.25, 0.3) is 11.8 Å². The molecule has 1 aromatic heterocycles. The summed E-state index contributed by atoms with van der Waals surface area (Å²) >= 11 is 0. The van der Waals surface area contributed by atoms with E-state index in [4.69, 9.17) is 0 Å². The molecule has 5 nitrogen and oxygen atoms in total. The first-order valence-electron chi connectivity index (χ1n) is 7.26. The molecule has 2 aromatic carbocycles. The standard InChI is InChI=1S/C18H16N4O/c1-13-6-7-14(2)15(10-13)8-9-18(23)16-4-3-5-17(11-16)22-12-19-20-21-22/h3-12H,1-2H3/b9-8+. The Kier molecular flexibility index (Phi) is 4.10. The minimum Gasteiger partial charge on any atom is -0.289 e. The van der Waals surface area contributed by atoms with Crippen molar-refractivity contribution in [1.29, 1.82) is 0 Å². The van der Waals surface area contributed by atoms with Crippen LogP contribution < -0.4 is 0 Å². The fourth-order valence-corrected chi connectivity index (χ4v) is 2.28. The van der Waals surface area contributed by atoms with E-state index < -0.39 is 0 Å². The van der Waals surface area contributed by atoms with E-state index in [9.17, 15) is 4.79 Å². The lowest BCUT2D eigenvalue weighted by molar-refractivity contribution is 0.104. The van der Waals surface area contributed by atoms with Crippen LogP contribution in [0.4, 0.5) is 0 Å². The van der Waals surface area contributed by atoms with Gasteiger partial charge in [0.15, 0.2) is 5.78 Å². The number of hydrogen-bond acceptors (Lipinski definition) is 4. The first-order chi connectivity index (χ1) is 11.1. The second-order valence-electron chi connectivity index (χ2n) is 5.36. The number of ketones is 1. The molecule has 0 bridgehead atoms. The summed E-state index contributed by atoms with van der Waals surface area (Å²) < 4.78 is 1.52. The number of carbonyl (C=O) groups excluding carboxylic acids is 1. The van der Waals surface area contributed by atoms with Crippen LogP contribution in [-0.4, -0.2) is 26.0 Å². The van der Waals surface area contributed by atoms with Gasteiger partial charge < -0.3 is 0 Å². The maximum Gasteiger partial charge on any atom is 0.185 e. The van der Waals surface area contributed by atoms with Crippen LogP contribution in [0.1, 0.15) is 27.0 Å². The number of nitrogens with zero attached hydrogens (tertiary/aromatic N) is 4. The van der Waals surface area contributed by atoms with Gasteiger partial charge in [0.1, 0.15) is 6.33 Å². The van der Waals surface area contributed by atoms with Gasteiger partial charge in [-0.15, -0.1) is 5.10 Å². The fourth-order valence-electron chi connectivity index (χ4n) is 2.28. The van der Waals surface area contributed by atoms with Gasteiger partial charge in [0.05, 0.1) is 5.69 Å². The van der Waals surface area contributed by atoms with E-state index in [-0.39, 0.29) is 5.78 Å². The van der Waals surface area contributed by atoms with Crippen LogP contribution in [0.15, 0.2) is 54.9 Å². The lowest BCUT2D eigenvalue weighted by Crippen LogP contribution is -1.99. The molecule has 0 aliphatic heterocycles. The summed E-state index contributed by atoms with van der Waals surface area (Å²) in [5.41, 5.74) is 4.71. The van der Waals surface area contributed by atoms with Crippen LogP contribution in [0, 0.1) is 13.8 Å². The molecule has 0 unspecified atom stereocenters. The Morgan fingerprint density at radius 2 is 2.00 bits per heavy atom. The monoisotopic (exact) mass is 304 g/mol. The van der Waals surface area contributed by atoms with Gasteiger partial charge in [0.25, 0.3) is 0 Å². The van der Waals surface area contributed by atoms with E-state index in [2.05, 4.69) is 33.7 Å². The predicted octanol–water partition coefficient (Wildman–Crippen LogP) is 3.18. The highest BCUT2D eigenvalue weighted by Gasteiger charge is 2.05. The van der Waals surface area contributed by atoms with Crippen molar-refractivity contribution < 1.29 is 4.79 Å². The molecule has 0 radical (unpaired) electrons. The van der Waals surface area contributed by atoms with Crippen LogP contribution in [0.3, 0.4) is 0 Å². The molecule has 0 fully saturated rings. The number of benzene rings is 2. The van der Waals surface area contributed by atoms with E-state index >= 15 is 0 Å². The third-order valence-electron chi connectivity index (χ3n) is 3.59. The Bertz CT molecular complexity index is 866. The molecule has 114 valence electrons. The molecule has 3 rings (SSSR count). The maximum absolute atomic E-state index is 12.4. The molecule has 0 atom stereocenters. The number of hydrogen-bond donors (Lipinski definition) is 0. The van der Waals surface area contributed by atoms with Crippen LogP contribution >= 0.6 is 0 Å². The highest BCUT2D eigenvalue weighted by molar-refractivity contribution is 6.07. The Hall–Kier alpha value is -3.08. The van der Waals surface area contributed by atoms with E-state index in [1.165, 1.54) is 16.6 Å². The zero-order chi connectivity index (χ0) is 16.2. The molecule has 0 aliphatic carbocycles. The molecule has 0 aliphatic rings. The fraction of sp³-hybridized carbons (Fsp3) is 0.111. The smallest absolute Gasteiger partial charge is 0.185 e. The van der Waals surface area contributed by atoms with Gasteiger partial charge in [-0.2, -0.15) is 0 Å². The Morgan fingerprint density at radius 3 is 2.78 bits per heavy atom. The zero-order valence-electron chi connectivity index (χ0n) is 13.0. The topological polar surface area (TPSA) is 60.7 Å².